The highest BCUT2D eigenvalue weighted by molar-refractivity contribution is 7.92. The summed E-state index contributed by atoms with van der Waals surface area (Å²) in [5.74, 6) is -1.44. The highest BCUT2D eigenvalue weighted by Gasteiger charge is 2.51. The Morgan fingerprint density at radius 1 is 1.00 bits per heavy atom. The summed E-state index contributed by atoms with van der Waals surface area (Å²) in [6.45, 7) is 0.901. The second-order valence-electron chi connectivity index (χ2n) is 10.3. The molecule has 0 bridgehead atoms. The first-order valence-electron chi connectivity index (χ1n) is 13.1. The third-order valence-corrected chi connectivity index (χ3v) is 9.25. The largest absolute Gasteiger partial charge is 0.501 e. The second-order valence-corrected chi connectivity index (χ2v) is 12.3. The Morgan fingerprint density at radius 2 is 1.64 bits per heavy atom. The number of rotatable bonds is 6. The first kappa shape index (κ1) is 34.8. The molecule has 2 aliphatic rings. The van der Waals surface area contributed by atoms with Gasteiger partial charge in [0, 0.05) is 23.2 Å². The van der Waals surface area contributed by atoms with Gasteiger partial charge in [0.15, 0.2) is 11.5 Å². The molecule has 0 aromatic heterocycles. The Balaban J connectivity index is 0.000000676. The predicted molar refractivity (Wildman–Crippen MR) is 145 cm³/mol. The maximum Gasteiger partial charge on any atom is 0.501 e. The van der Waals surface area contributed by atoms with Crippen molar-refractivity contribution in [2.75, 3.05) is 33.1 Å². The van der Waals surface area contributed by atoms with Gasteiger partial charge in [-0.1, -0.05) is 12.1 Å². The number of carboxylic acids is 1. The van der Waals surface area contributed by atoms with E-state index in [1.807, 2.05) is 12.1 Å². The van der Waals surface area contributed by atoms with E-state index in [0.29, 0.717) is 24.3 Å². The van der Waals surface area contributed by atoms with Crippen LogP contribution in [0.1, 0.15) is 31.2 Å². The minimum absolute atomic E-state index is 0.0451. The number of anilines is 1. The quantitative estimate of drug-likeness (QED) is 0.373. The van der Waals surface area contributed by atoms with E-state index in [1.165, 1.54) is 6.07 Å². The monoisotopic (exact) mass is 655 g/mol. The van der Waals surface area contributed by atoms with Crippen LogP contribution in [0.15, 0.2) is 47.4 Å². The van der Waals surface area contributed by atoms with Crippen molar-refractivity contribution in [3.05, 3.63) is 48.0 Å². The second kappa shape index (κ2) is 13.1. The van der Waals surface area contributed by atoms with Gasteiger partial charge >= 0.3 is 23.7 Å². The van der Waals surface area contributed by atoms with Gasteiger partial charge in [0.1, 0.15) is 0 Å². The Labute approximate surface area is 249 Å². The molecular weight excluding hydrogens is 624 g/mol. The summed E-state index contributed by atoms with van der Waals surface area (Å²) in [5, 5.41) is 12.5. The predicted octanol–water partition coefficient (Wildman–Crippen LogP) is 4.95. The average Bonchev–Trinajstić information content (AvgIpc) is 3.28. The topological polar surface area (TPSA) is 134 Å². The lowest BCUT2D eigenvalue weighted by Crippen LogP contribution is -2.52. The van der Waals surface area contributed by atoms with Crippen LogP contribution in [-0.4, -0.2) is 82.0 Å². The molecule has 2 amide bonds. The van der Waals surface area contributed by atoms with Gasteiger partial charge in [-0.3, -0.25) is 0 Å². The number of ether oxygens (including phenoxy) is 2. The number of fused-ring (bicyclic) bond motifs is 1. The van der Waals surface area contributed by atoms with Crippen molar-refractivity contribution in [3.63, 3.8) is 0 Å². The smallest absolute Gasteiger partial charge is 0.493 e. The SMILES string of the molecule is COc1ccc([C@@]23CC[C@@H](NC(=O)Nc4cccc(S(=O)(=O)C(F)(F)F)c4)C[C@@H]2N(C)CC3)cc1OC.O=C(O)C(F)(F)F. The van der Waals surface area contributed by atoms with Gasteiger partial charge in [-0.25, -0.2) is 18.0 Å². The summed E-state index contributed by atoms with van der Waals surface area (Å²) < 4.78 is 105. The third-order valence-electron chi connectivity index (χ3n) is 7.77. The fourth-order valence-corrected chi connectivity index (χ4v) is 6.43. The van der Waals surface area contributed by atoms with Crippen molar-refractivity contribution in [2.45, 2.75) is 59.8 Å². The molecule has 10 nitrogen and oxygen atoms in total. The number of likely N-dealkylation sites (tertiary alicyclic amines) is 1. The number of carboxylic acid groups (broad SMARTS) is 1. The molecule has 17 heteroatoms. The van der Waals surface area contributed by atoms with Crippen LogP contribution in [0.2, 0.25) is 0 Å². The number of nitrogens with one attached hydrogen (secondary N) is 2. The molecule has 1 saturated heterocycles. The minimum Gasteiger partial charge on any atom is -0.493 e. The van der Waals surface area contributed by atoms with Crippen LogP contribution < -0.4 is 20.1 Å². The van der Waals surface area contributed by atoms with E-state index in [9.17, 15) is 39.6 Å². The molecule has 4 rings (SSSR count). The van der Waals surface area contributed by atoms with Crippen LogP contribution in [0.4, 0.5) is 36.8 Å². The molecule has 1 saturated carbocycles. The molecule has 3 N–H and O–H groups in total. The molecule has 44 heavy (non-hydrogen) atoms. The Morgan fingerprint density at radius 3 is 2.20 bits per heavy atom. The molecule has 0 spiro atoms. The zero-order chi connectivity index (χ0) is 33.1. The van der Waals surface area contributed by atoms with Gasteiger partial charge in [-0.05, 0) is 75.2 Å². The maximum absolute atomic E-state index is 12.9. The minimum atomic E-state index is -5.51. The van der Waals surface area contributed by atoms with Crippen molar-refractivity contribution >= 4 is 27.5 Å². The molecular formula is C27H31F6N3O7S. The first-order chi connectivity index (χ1) is 20.4. The number of hydrogen-bond acceptors (Lipinski definition) is 7. The molecule has 0 radical (unpaired) electrons. The van der Waals surface area contributed by atoms with Crippen molar-refractivity contribution in [1.29, 1.82) is 0 Å². The van der Waals surface area contributed by atoms with E-state index in [0.717, 1.165) is 43.1 Å². The lowest BCUT2D eigenvalue weighted by Gasteiger charge is -2.45. The average molecular weight is 656 g/mol. The Hall–Kier alpha value is -3.73. The number of halogens is 6. The summed E-state index contributed by atoms with van der Waals surface area (Å²) in [6.07, 6.45) is -1.92. The summed E-state index contributed by atoms with van der Waals surface area (Å²) in [6, 6.07) is 9.51. The molecule has 1 heterocycles. The molecule has 1 aliphatic heterocycles. The van der Waals surface area contributed by atoms with E-state index in [-0.39, 0.29) is 23.2 Å². The maximum atomic E-state index is 12.9. The zero-order valence-corrected chi connectivity index (χ0v) is 24.6. The van der Waals surface area contributed by atoms with Gasteiger partial charge in [0.05, 0.1) is 19.1 Å². The fraction of sp³-hybridized carbons (Fsp3) is 0.481. The van der Waals surface area contributed by atoms with Crippen LogP contribution in [0.25, 0.3) is 0 Å². The van der Waals surface area contributed by atoms with Gasteiger partial charge in [-0.2, -0.15) is 26.3 Å². The molecule has 0 unspecified atom stereocenters. The summed E-state index contributed by atoms with van der Waals surface area (Å²) in [5.41, 5.74) is -4.42. The molecule has 3 atom stereocenters. The zero-order valence-electron chi connectivity index (χ0n) is 23.8. The molecule has 2 aromatic carbocycles. The lowest BCUT2D eigenvalue weighted by atomic mass is 9.65. The Kier molecular flexibility index (Phi) is 10.3. The summed E-state index contributed by atoms with van der Waals surface area (Å²) >= 11 is 0. The summed E-state index contributed by atoms with van der Waals surface area (Å²) in [7, 11) is -0.262. The lowest BCUT2D eigenvalue weighted by molar-refractivity contribution is -0.192. The molecule has 244 valence electrons. The van der Waals surface area contributed by atoms with Crippen molar-refractivity contribution < 1.29 is 58.9 Å². The van der Waals surface area contributed by atoms with Gasteiger partial charge < -0.3 is 30.1 Å². The number of hydrogen-bond donors (Lipinski definition) is 3. The fourth-order valence-electron chi connectivity index (χ4n) is 5.62. The number of nitrogens with zero attached hydrogens (tertiary/aromatic N) is 1. The molecule has 1 aliphatic carbocycles. The number of likely N-dealkylation sites (N-methyl/N-ethyl adjacent to an activating group) is 1. The van der Waals surface area contributed by atoms with Crippen molar-refractivity contribution in [1.82, 2.24) is 10.2 Å². The number of aliphatic carboxylic acids is 1. The molecule has 2 fully saturated rings. The highest BCUT2D eigenvalue weighted by Crippen LogP contribution is 2.50. The number of benzene rings is 2. The number of carbonyl (C=O) groups excluding carboxylic acids is 1. The van der Waals surface area contributed by atoms with Crippen molar-refractivity contribution in [2.24, 2.45) is 0 Å². The van der Waals surface area contributed by atoms with E-state index < -0.39 is 38.4 Å². The first-order valence-corrected chi connectivity index (χ1v) is 14.6. The van der Waals surface area contributed by atoms with E-state index >= 15 is 0 Å². The molecule has 2 aromatic rings. The third kappa shape index (κ3) is 7.49. The van der Waals surface area contributed by atoms with Crippen molar-refractivity contribution in [3.8, 4) is 11.5 Å². The number of amides is 2. The van der Waals surface area contributed by atoms with Crippen LogP contribution in [0, 0.1) is 0 Å². The van der Waals surface area contributed by atoms with E-state index in [2.05, 4.69) is 28.6 Å². The summed E-state index contributed by atoms with van der Waals surface area (Å²) in [4.78, 5) is 22.9. The van der Waals surface area contributed by atoms with Crippen LogP contribution in [0.3, 0.4) is 0 Å². The number of carbonyl (C=O) groups is 2. The normalized spacial score (nSPS) is 22.2. The number of methoxy groups -OCH3 is 2. The van der Waals surface area contributed by atoms with Gasteiger partial charge in [0.2, 0.25) is 0 Å². The number of urea groups is 1. The van der Waals surface area contributed by atoms with Gasteiger partial charge in [-0.15, -0.1) is 0 Å². The van der Waals surface area contributed by atoms with Gasteiger partial charge in [0.25, 0.3) is 9.84 Å². The van der Waals surface area contributed by atoms with Crippen LogP contribution in [-0.2, 0) is 20.0 Å². The Bertz CT molecular complexity index is 1470. The van der Waals surface area contributed by atoms with E-state index in [4.69, 9.17) is 19.4 Å². The van der Waals surface area contributed by atoms with Crippen LogP contribution in [0.5, 0.6) is 11.5 Å². The highest BCUT2D eigenvalue weighted by atomic mass is 32.2. The standard InChI is InChI=1S/C25H30F3N3O5S.C2HF3O2/c1-31-12-11-24(16-7-8-20(35-2)21(13-16)36-3)10-9-18(15-22(24)31)30-23(32)29-17-5-4-6-19(14-17)37(33,34)25(26,27)28;3-2(4,5)1(6)7/h4-8,13-14,18,22H,9-12,15H2,1-3H3,(H2,29,30,32);(H,6,7)/t18-,22+,24+;/m1./s1. The van der Waals surface area contributed by atoms with E-state index in [1.54, 1.807) is 14.2 Å². The van der Waals surface area contributed by atoms with Crippen LogP contribution >= 0.6 is 0 Å². The number of alkyl halides is 6. The number of sulfone groups is 1.